The first kappa shape index (κ1) is 15.8. The molecule has 0 aromatic rings. The minimum absolute atomic E-state index is 0.132. The summed E-state index contributed by atoms with van der Waals surface area (Å²) in [6.45, 7) is 7.45. The van der Waals surface area contributed by atoms with Gasteiger partial charge in [0.05, 0.1) is 5.75 Å². The molecule has 1 aliphatic rings. The van der Waals surface area contributed by atoms with Gasteiger partial charge in [-0.1, -0.05) is 6.92 Å². The van der Waals surface area contributed by atoms with Gasteiger partial charge >= 0.3 is 0 Å². The zero-order chi connectivity index (χ0) is 12.6. The van der Waals surface area contributed by atoms with E-state index in [-0.39, 0.29) is 12.0 Å². The predicted octanol–water partition coefficient (Wildman–Crippen LogP) is -0.486. The molecule has 98 valence electrons. The molecular weight excluding hydrogens is 232 g/mol. The molecule has 0 radical (unpaired) electrons. The summed E-state index contributed by atoms with van der Waals surface area (Å²) in [5.41, 5.74) is 0. The standard InChI is InChI=1S/C6H14N2O.C3H8O3S/c1-6(9)8-4-2-7-3-5-8;1-2-3-7(4,5)6/h6-7,9H,2-5H2,1H3;2-3H2,1H3,(H,4,5,6). The van der Waals surface area contributed by atoms with E-state index < -0.39 is 10.1 Å². The predicted molar refractivity (Wildman–Crippen MR) is 62.8 cm³/mol. The van der Waals surface area contributed by atoms with Gasteiger partial charge in [0, 0.05) is 26.2 Å². The van der Waals surface area contributed by atoms with Crippen LogP contribution in [0.4, 0.5) is 0 Å². The molecule has 1 atom stereocenters. The maximum atomic E-state index is 9.79. The normalized spacial score (nSPS) is 19.8. The molecule has 16 heavy (non-hydrogen) atoms. The highest BCUT2D eigenvalue weighted by Gasteiger charge is 2.12. The summed E-state index contributed by atoms with van der Waals surface area (Å²) in [5, 5.41) is 12.3. The van der Waals surface area contributed by atoms with E-state index in [1.807, 2.05) is 6.92 Å². The molecule has 0 bridgehead atoms. The molecule has 1 saturated heterocycles. The van der Waals surface area contributed by atoms with Crippen molar-refractivity contribution in [3.63, 3.8) is 0 Å². The molecule has 1 aliphatic heterocycles. The van der Waals surface area contributed by atoms with E-state index in [2.05, 4.69) is 10.2 Å². The largest absolute Gasteiger partial charge is 0.379 e. The summed E-state index contributed by atoms with van der Waals surface area (Å²) in [6.07, 6.45) is 0.200. The molecule has 0 aromatic carbocycles. The molecule has 0 amide bonds. The van der Waals surface area contributed by atoms with Gasteiger partial charge in [0.15, 0.2) is 0 Å². The second-order valence-corrected chi connectivity index (χ2v) is 5.28. The molecular formula is C9H22N2O4S. The van der Waals surface area contributed by atoms with Crippen LogP contribution in [0.25, 0.3) is 0 Å². The fourth-order valence-corrected chi connectivity index (χ4v) is 1.83. The van der Waals surface area contributed by atoms with Crippen LogP contribution in [0.1, 0.15) is 20.3 Å². The third-order valence-electron chi connectivity index (χ3n) is 2.14. The average molecular weight is 254 g/mol. The second kappa shape index (κ2) is 7.97. The quantitative estimate of drug-likeness (QED) is 0.589. The van der Waals surface area contributed by atoms with Crippen molar-refractivity contribution < 1.29 is 18.1 Å². The smallest absolute Gasteiger partial charge is 0.264 e. The summed E-state index contributed by atoms with van der Waals surface area (Å²) >= 11 is 0. The Labute approximate surface area is 97.4 Å². The van der Waals surface area contributed by atoms with Crippen LogP contribution in [-0.2, 0) is 10.1 Å². The maximum Gasteiger partial charge on any atom is 0.264 e. The van der Waals surface area contributed by atoms with Crippen LogP contribution in [0.3, 0.4) is 0 Å². The summed E-state index contributed by atoms with van der Waals surface area (Å²) < 4.78 is 27.6. The Morgan fingerprint density at radius 2 is 1.88 bits per heavy atom. The zero-order valence-corrected chi connectivity index (χ0v) is 10.7. The number of piperazine rings is 1. The number of rotatable bonds is 3. The lowest BCUT2D eigenvalue weighted by atomic mass is 10.3. The number of hydrogen-bond acceptors (Lipinski definition) is 5. The van der Waals surface area contributed by atoms with Gasteiger partial charge in [-0.05, 0) is 13.3 Å². The summed E-state index contributed by atoms with van der Waals surface area (Å²) in [7, 11) is -3.67. The lowest BCUT2D eigenvalue weighted by Gasteiger charge is -2.29. The highest BCUT2D eigenvalue weighted by molar-refractivity contribution is 7.85. The van der Waals surface area contributed by atoms with Gasteiger partial charge in [0.25, 0.3) is 10.1 Å². The van der Waals surface area contributed by atoms with Crippen molar-refractivity contribution in [3.05, 3.63) is 0 Å². The van der Waals surface area contributed by atoms with Gasteiger partial charge in [-0.3, -0.25) is 9.45 Å². The van der Waals surface area contributed by atoms with Crippen LogP contribution < -0.4 is 5.32 Å². The van der Waals surface area contributed by atoms with E-state index >= 15 is 0 Å². The number of nitrogens with zero attached hydrogens (tertiary/aromatic N) is 1. The van der Waals surface area contributed by atoms with E-state index in [0.29, 0.717) is 6.42 Å². The molecule has 0 aliphatic carbocycles. The van der Waals surface area contributed by atoms with E-state index in [0.717, 1.165) is 26.2 Å². The molecule has 0 aromatic heterocycles. The maximum absolute atomic E-state index is 9.79. The molecule has 0 spiro atoms. The van der Waals surface area contributed by atoms with Gasteiger partial charge in [-0.15, -0.1) is 0 Å². The fourth-order valence-electron chi connectivity index (χ4n) is 1.31. The monoisotopic (exact) mass is 254 g/mol. The Morgan fingerprint density at radius 3 is 2.06 bits per heavy atom. The van der Waals surface area contributed by atoms with Crippen LogP contribution in [0, 0.1) is 0 Å². The minimum Gasteiger partial charge on any atom is -0.379 e. The van der Waals surface area contributed by atoms with Gasteiger partial charge in [-0.2, -0.15) is 8.42 Å². The van der Waals surface area contributed by atoms with Gasteiger partial charge < -0.3 is 10.4 Å². The Kier molecular flexibility index (Phi) is 7.86. The van der Waals surface area contributed by atoms with E-state index in [1.165, 1.54) is 0 Å². The van der Waals surface area contributed by atoms with Crippen molar-refractivity contribution in [1.29, 1.82) is 0 Å². The van der Waals surface area contributed by atoms with Crippen molar-refractivity contribution in [1.82, 2.24) is 10.2 Å². The van der Waals surface area contributed by atoms with Crippen molar-refractivity contribution in [2.75, 3.05) is 31.9 Å². The van der Waals surface area contributed by atoms with Gasteiger partial charge in [0.2, 0.25) is 0 Å². The Balaban J connectivity index is 0.000000293. The first-order valence-corrected chi connectivity index (χ1v) is 7.05. The summed E-state index contributed by atoms with van der Waals surface area (Å²) in [5.74, 6) is -0.132. The summed E-state index contributed by atoms with van der Waals surface area (Å²) in [6, 6.07) is 0. The first-order chi connectivity index (χ1) is 7.37. The molecule has 0 saturated carbocycles. The number of aliphatic hydroxyl groups is 1. The molecule has 1 fully saturated rings. The molecule has 1 rings (SSSR count). The minimum atomic E-state index is -3.67. The van der Waals surface area contributed by atoms with Crippen molar-refractivity contribution in [2.45, 2.75) is 26.5 Å². The Morgan fingerprint density at radius 1 is 1.38 bits per heavy atom. The fraction of sp³-hybridized carbons (Fsp3) is 1.00. The van der Waals surface area contributed by atoms with Crippen LogP contribution in [0.15, 0.2) is 0 Å². The molecule has 7 heteroatoms. The molecule has 1 unspecified atom stereocenters. The van der Waals surface area contributed by atoms with E-state index in [9.17, 15) is 8.42 Å². The Hall–Kier alpha value is -0.210. The highest BCUT2D eigenvalue weighted by atomic mass is 32.2. The van der Waals surface area contributed by atoms with E-state index in [1.54, 1.807) is 6.92 Å². The number of aliphatic hydroxyl groups excluding tert-OH is 1. The van der Waals surface area contributed by atoms with Crippen LogP contribution in [0.5, 0.6) is 0 Å². The molecule has 1 heterocycles. The second-order valence-electron chi connectivity index (χ2n) is 3.70. The lowest BCUT2D eigenvalue weighted by molar-refractivity contribution is 0.0112. The number of nitrogens with one attached hydrogen (secondary N) is 1. The average Bonchev–Trinajstić information content (AvgIpc) is 2.18. The zero-order valence-electron chi connectivity index (χ0n) is 9.89. The SMILES string of the molecule is CC(O)N1CCNCC1.CCCS(=O)(=O)O. The molecule has 6 nitrogen and oxygen atoms in total. The van der Waals surface area contributed by atoms with Crippen molar-refractivity contribution >= 4 is 10.1 Å². The van der Waals surface area contributed by atoms with Crippen molar-refractivity contribution in [3.8, 4) is 0 Å². The lowest BCUT2D eigenvalue weighted by Crippen LogP contribution is -2.47. The van der Waals surface area contributed by atoms with Gasteiger partial charge in [-0.25, -0.2) is 0 Å². The van der Waals surface area contributed by atoms with Crippen LogP contribution in [0.2, 0.25) is 0 Å². The van der Waals surface area contributed by atoms with Crippen LogP contribution >= 0.6 is 0 Å². The van der Waals surface area contributed by atoms with Gasteiger partial charge in [0.1, 0.15) is 6.23 Å². The Bertz CT molecular complexity index is 261. The van der Waals surface area contributed by atoms with Crippen LogP contribution in [-0.4, -0.2) is 61.1 Å². The topological polar surface area (TPSA) is 89.9 Å². The highest BCUT2D eigenvalue weighted by Crippen LogP contribution is 1.95. The van der Waals surface area contributed by atoms with E-state index in [4.69, 9.17) is 9.66 Å². The summed E-state index contributed by atoms with van der Waals surface area (Å²) in [4.78, 5) is 2.05. The third-order valence-corrected chi connectivity index (χ3v) is 3.07. The third kappa shape index (κ3) is 9.05. The number of hydrogen-bond donors (Lipinski definition) is 3. The van der Waals surface area contributed by atoms with Crippen molar-refractivity contribution in [2.24, 2.45) is 0 Å². The molecule has 3 N–H and O–H groups in total. The first-order valence-electron chi connectivity index (χ1n) is 5.44.